The van der Waals surface area contributed by atoms with Crippen molar-refractivity contribution in [3.8, 4) is 11.5 Å². The van der Waals surface area contributed by atoms with Crippen LogP contribution in [-0.2, 0) is 4.79 Å². The highest BCUT2D eigenvalue weighted by molar-refractivity contribution is 5.81. The van der Waals surface area contributed by atoms with E-state index in [4.69, 9.17) is 9.47 Å². The van der Waals surface area contributed by atoms with Crippen LogP contribution in [0.5, 0.6) is 11.5 Å². The van der Waals surface area contributed by atoms with Crippen molar-refractivity contribution in [1.29, 1.82) is 0 Å². The summed E-state index contributed by atoms with van der Waals surface area (Å²) in [5.74, 6) is 1.24. The standard InChI is InChI=1S/C22H29NO3/c1-6-20(17-12-11-15(3)16(4)13-17)23-22(24)21(7-2)26-19-10-8-9-18(14-19)25-5/h8-14,20-21H,6-7H2,1-5H3,(H,23,24)/t20-,21-/m1/s1. The van der Waals surface area contributed by atoms with E-state index in [9.17, 15) is 4.79 Å². The summed E-state index contributed by atoms with van der Waals surface area (Å²) in [6, 6.07) is 13.6. The van der Waals surface area contributed by atoms with Gasteiger partial charge in [0.15, 0.2) is 6.10 Å². The van der Waals surface area contributed by atoms with Crippen LogP contribution < -0.4 is 14.8 Å². The number of hydrogen-bond donors (Lipinski definition) is 1. The van der Waals surface area contributed by atoms with Crippen LogP contribution >= 0.6 is 0 Å². The van der Waals surface area contributed by atoms with Crippen molar-refractivity contribution >= 4 is 5.91 Å². The van der Waals surface area contributed by atoms with Crippen molar-refractivity contribution in [2.45, 2.75) is 52.7 Å². The minimum atomic E-state index is -0.539. The number of amides is 1. The molecule has 1 amide bonds. The largest absolute Gasteiger partial charge is 0.497 e. The summed E-state index contributed by atoms with van der Waals surface area (Å²) < 4.78 is 11.1. The van der Waals surface area contributed by atoms with E-state index in [1.807, 2.05) is 25.1 Å². The quantitative estimate of drug-likeness (QED) is 0.744. The zero-order valence-electron chi connectivity index (χ0n) is 16.3. The second-order valence-corrected chi connectivity index (χ2v) is 6.51. The molecule has 4 heteroatoms. The van der Waals surface area contributed by atoms with Crippen LogP contribution in [0.3, 0.4) is 0 Å². The van der Waals surface area contributed by atoms with E-state index in [-0.39, 0.29) is 11.9 Å². The maximum atomic E-state index is 12.8. The molecule has 0 aliphatic rings. The van der Waals surface area contributed by atoms with Crippen molar-refractivity contribution in [3.63, 3.8) is 0 Å². The first-order valence-electron chi connectivity index (χ1n) is 9.16. The average Bonchev–Trinajstić information content (AvgIpc) is 2.66. The fourth-order valence-corrected chi connectivity index (χ4v) is 2.83. The van der Waals surface area contributed by atoms with Gasteiger partial charge in [-0.3, -0.25) is 4.79 Å². The van der Waals surface area contributed by atoms with Crippen LogP contribution in [0.25, 0.3) is 0 Å². The molecule has 140 valence electrons. The molecule has 1 N–H and O–H groups in total. The predicted octanol–water partition coefficient (Wildman–Crippen LogP) is 4.74. The fourth-order valence-electron chi connectivity index (χ4n) is 2.83. The van der Waals surface area contributed by atoms with Crippen LogP contribution in [0.4, 0.5) is 0 Å². The number of carbonyl (C=O) groups excluding carboxylic acids is 1. The summed E-state index contributed by atoms with van der Waals surface area (Å²) in [5, 5.41) is 3.13. The first-order chi connectivity index (χ1) is 12.5. The van der Waals surface area contributed by atoms with Gasteiger partial charge in [0.05, 0.1) is 13.2 Å². The van der Waals surface area contributed by atoms with E-state index < -0.39 is 6.10 Å². The summed E-state index contributed by atoms with van der Waals surface area (Å²) >= 11 is 0. The predicted molar refractivity (Wildman–Crippen MR) is 105 cm³/mol. The van der Waals surface area contributed by atoms with Gasteiger partial charge in [-0.15, -0.1) is 0 Å². The highest BCUT2D eigenvalue weighted by Gasteiger charge is 2.22. The molecule has 2 rings (SSSR count). The summed E-state index contributed by atoms with van der Waals surface area (Å²) in [5.41, 5.74) is 3.61. The number of ether oxygens (including phenoxy) is 2. The number of benzene rings is 2. The highest BCUT2D eigenvalue weighted by atomic mass is 16.5. The molecule has 4 nitrogen and oxygen atoms in total. The molecule has 2 aromatic carbocycles. The van der Waals surface area contributed by atoms with Gasteiger partial charge in [-0.2, -0.15) is 0 Å². The van der Waals surface area contributed by atoms with Gasteiger partial charge in [-0.25, -0.2) is 0 Å². The Hall–Kier alpha value is -2.49. The lowest BCUT2D eigenvalue weighted by Crippen LogP contribution is -2.40. The lowest BCUT2D eigenvalue weighted by molar-refractivity contribution is -0.129. The van der Waals surface area contributed by atoms with Gasteiger partial charge >= 0.3 is 0 Å². The molecule has 0 saturated heterocycles. The smallest absolute Gasteiger partial charge is 0.261 e. The first kappa shape index (κ1) is 19.8. The van der Waals surface area contributed by atoms with Crippen molar-refractivity contribution in [2.24, 2.45) is 0 Å². The van der Waals surface area contributed by atoms with Gasteiger partial charge in [0, 0.05) is 6.07 Å². The van der Waals surface area contributed by atoms with Crippen molar-refractivity contribution in [1.82, 2.24) is 5.32 Å². The average molecular weight is 355 g/mol. The van der Waals surface area contributed by atoms with E-state index in [0.29, 0.717) is 17.9 Å². The van der Waals surface area contributed by atoms with E-state index in [2.05, 4.69) is 44.3 Å². The van der Waals surface area contributed by atoms with Crippen LogP contribution in [0, 0.1) is 13.8 Å². The zero-order valence-corrected chi connectivity index (χ0v) is 16.3. The topological polar surface area (TPSA) is 47.6 Å². The molecular weight excluding hydrogens is 326 g/mol. The molecule has 0 aromatic heterocycles. The molecule has 0 radical (unpaired) electrons. The third kappa shape index (κ3) is 5.01. The van der Waals surface area contributed by atoms with Gasteiger partial charge in [0.2, 0.25) is 0 Å². The summed E-state index contributed by atoms with van der Waals surface area (Å²) in [7, 11) is 1.61. The minimum absolute atomic E-state index is 0.0234. The molecular formula is C22H29NO3. The number of carbonyl (C=O) groups is 1. The Morgan fingerprint density at radius 2 is 1.73 bits per heavy atom. The summed E-state index contributed by atoms with van der Waals surface area (Å²) in [6.07, 6.45) is 0.874. The van der Waals surface area contributed by atoms with Gasteiger partial charge in [0.1, 0.15) is 11.5 Å². The fraction of sp³-hybridized carbons (Fsp3) is 0.409. The van der Waals surface area contributed by atoms with Gasteiger partial charge in [-0.1, -0.05) is 38.1 Å². The molecule has 0 aliphatic carbocycles. The Kier molecular flexibility index (Phi) is 7.07. The SMILES string of the molecule is CC[C@@H](Oc1cccc(OC)c1)C(=O)N[C@H](CC)c1ccc(C)c(C)c1. The first-order valence-corrected chi connectivity index (χ1v) is 9.16. The normalized spacial score (nSPS) is 13.0. The third-order valence-electron chi connectivity index (χ3n) is 4.64. The number of methoxy groups -OCH3 is 1. The number of nitrogens with one attached hydrogen (secondary N) is 1. The minimum Gasteiger partial charge on any atom is -0.497 e. The summed E-state index contributed by atoms with van der Waals surface area (Å²) in [6.45, 7) is 8.20. The molecule has 0 aliphatic heterocycles. The van der Waals surface area contributed by atoms with E-state index in [1.165, 1.54) is 11.1 Å². The Balaban J connectivity index is 2.09. The zero-order chi connectivity index (χ0) is 19.1. The maximum absolute atomic E-state index is 12.8. The Morgan fingerprint density at radius 3 is 2.35 bits per heavy atom. The second kappa shape index (κ2) is 9.27. The maximum Gasteiger partial charge on any atom is 0.261 e. The number of aryl methyl sites for hydroxylation is 2. The van der Waals surface area contributed by atoms with E-state index in [0.717, 1.165) is 12.0 Å². The molecule has 0 spiro atoms. The monoisotopic (exact) mass is 355 g/mol. The second-order valence-electron chi connectivity index (χ2n) is 6.51. The molecule has 0 saturated carbocycles. The number of hydrogen-bond acceptors (Lipinski definition) is 3. The number of rotatable bonds is 8. The molecule has 2 atom stereocenters. The van der Waals surface area contributed by atoms with Crippen LogP contribution in [0.15, 0.2) is 42.5 Å². The van der Waals surface area contributed by atoms with Crippen LogP contribution in [0.1, 0.15) is 49.4 Å². The van der Waals surface area contributed by atoms with Crippen molar-refractivity contribution in [2.75, 3.05) is 7.11 Å². The van der Waals surface area contributed by atoms with Crippen molar-refractivity contribution in [3.05, 3.63) is 59.2 Å². The molecule has 0 bridgehead atoms. The highest BCUT2D eigenvalue weighted by Crippen LogP contribution is 2.23. The Morgan fingerprint density at radius 1 is 1.00 bits per heavy atom. The van der Waals surface area contributed by atoms with E-state index in [1.54, 1.807) is 13.2 Å². The van der Waals surface area contributed by atoms with Crippen molar-refractivity contribution < 1.29 is 14.3 Å². The van der Waals surface area contributed by atoms with E-state index >= 15 is 0 Å². The molecule has 0 fully saturated rings. The van der Waals surface area contributed by atoms with Gasteiger partial charge in [0.25, 0.3) is 5.91 Å². The Labute approximate surface area is 156 Å². The van der Waals surface area contributed by atoms with Gasteiger partial charge in [-0.05, 0) is 55.5 Å². The molecule has 2 aromatic rings. The van der Waals surface area contributed by atoms with Crippen LogP contribution in [-0.4, -0.2) is 19.1 Å². The van der Waals surface area contributed by atoms with Crippen LogP contribution in [0.2, 0.25) is 0 Å². The molecule has 0 unspecified atom stereocenters. The lowest BCUT2D eigenvalue weighted by Gasteiger charge is -2.23. The van der Waals surface area contributed by atoms with Gasteiger partial charge < -0.3 is 14.8 Å². The Bertz CT molecular complexity index is 742. The molecule has 0 heterocycles. The lowest BCUT2D eigenvalue weighted by atomic mass is 9.99. The molecule has 26 heavy (non-hydrogen) atoms. The third-order valence-corrected chi connectivity index (χ3v) is 4.64. The summed E-state index contributed by atoms with van der Waals surface area (Å²) in [4.78, 5) is 12.8.